The lowest BCUT2D eigenvalue weighted by Crippen LogP contribution is -2.40. The highest BCUT2D eigenvalue weighted by Crippen LogP contribution is 2.25. The van der Waals surface area contributed by atoms with Gasteiger partial charge in [0.15, 0.2) is 0 Å². The van der Waals surface area contributed by atoms with Crippen molar-refractivity contribution in [3.63, 3.8) is 0 Å². The summed E-state index contributed by atoms with van der Waals surface area (Å²) < 4.78 is 0. The fraction of sp³-hybridized carbons (Fsp3) is 1.00. The summed E-state index contributed by atoms with van der Waals surface area (Å²) in [5.74, 6) is 1.73. The Hall–Kier alpha value is -0.0400. The lowest BCUT2D eigenvalue weighted by atomic mass is 9.85. The molecule has 0 aliphatic carbocycles. The van der Waals surface area contributed by atoms with Crippen molar-refractivity contribution in [2.45, 2.75) is 78.7 Å². The van der Waals surface area contributed by atoms with Gasteiger partial charge in [0.2, 0.25) is 0 Å². The molecule has 1 nitrogen and oxygen atoms in total. The second-order valence-corrected chi connectivity index (χ2v) is 6.17. The molecule has 1 rings (SSSR count). The molecule has 17 heavy (non-hydrogen) atoms. The van der Waals surface area contributed by atoms with E-state index in [0.29, 0.717) is 0 Å². The summed E-state index contributed by atoms with van der Waals surface area (Å²) in [7, 11) is 0. The molecule has 1 aliphatic heterocycles. The molecule has 0 N–H and O–H groups in total. The normalized spacial score (nSPS) is 24.0. The highest BCUT2D eigenvalue weighted by atomic mass is 15.2. The van der Waals surface area contributed by atoms with Crippen molar-refractivity contribution < 1.29 is 0 Å². The summed E-state index contributed by atoms with van der Waals surface area (Å²) in [6.07, 6.45) is 9.88. The van der Waals surface area contributed by atoms with Gasteiger partial charge in [0.05, 0.1) is 0 Å². The molecule has 1 saturated heterocycles. The Morgan fingerprint density at radius 3 is 2.06 bits per heavy atom. The Labute approximate surface area is 109 Å². The van der Waals surface area contributed by atoms with Gasteiger partial charge in [-0.1, -0.05) is 52.9 Å². The second-order valence-electron chi connectivity index (χ2n) is 6.17. The van der Waals surface area contributed by atoms with Crippen LogP contribution < -0.4 is 0 Å². The zero-order chi connectivity index (χ0) is 12.7. The lowest BCUT2D eigenvalue weighted by Gasteiger charge is -2.35. The Balaban J connectivity index is 2.40. The molecule has 0 spiro atoms. The molecular formula is C16H33N. The van der Waals surface area contributed by atoms with Crippen LogP contribution in [-0.2, 0) is 0 Å². The number of rotatable bonds is 6. The van der Waals surface area contributed by atoms with Crippen molar-refractivity contribution >= 4 is 0 Å². The van der Waals surface area contributed by atoms with E-state index in [4.69, 9.17) is 0 Å². The van der Waals surface area contributed by atoms with E-state index in [9.17, 15) is 0 Å². The van der Waals surface area contributed by atoms with Crippen LogP contribution in [0.15, 0.2) is 0 Å². The number of nitrogens with zero attached hydrogens (tertiary/aromatic N) is 1. The topological polar surface area (TPSA) is 3.24 Å². The maximum absolute atomic E-state index is 2.75. The average molecular weight is 239 g/mol. The van der Waals surface area contributed by atoms with E-state index in [1.54, 1.807) is 0 Å². The van der Waals surface area contributed by atoms with Gasteiger partial charge in [0.1, 0.15) is 0 Å². The molecule has 1 fully saturated rings. The van der Waals surface area contributed by atoms with Crippen LogP contribution >= 0.6 is 0 Å². The van der Waals surface area contributed by atoms with Gasteiger partial charge in [0, 0.05) is 6.04 Å². The van der Waals surface area contributed by atoms with E-state index in [-0.39, 0.29) is 0 Å². The molecular weight excluding hydrogens is 206 g/mol. The van der Waals surface area contributed by atoms with Crippen LogP contribution in [0.2, 0.25) is 0 Å². The number of hydrogen-bond donors (Lipinski definition) is 0. The first kappa shape index (κ1) is 15.0. The van der Waals surface area contributed by atoms with Crippen LogP contribution in [-0.4, -0.2) is 24.0 Å². The van der Waals surface area contributed by atoms with Gasteiger partial charge in [-0.15, -0.1) is 0 Å². The molecule has 0 aromatic carbocycles. The van der Waals surface area contributed by atoms with Crippen molar-refractivity contribution in [2.24, 2.45) is 11.8 Å². The molecule has 1 heterocycles. The molecule has 1 heteroatoms. The van der Waals surface area contributed by atoms with Gasteiger partial charge >= 0.3 is 0 Å². The van der Waals surface area contributed by atoms with Gasteiger partial charge in [-0.25, -0.2) is 0 Å². The molecule has 0 aromatic heterocycles. The summed E-state index contributed by atoms with van der Waals surface area (Å²) in [6, 6.07) is 0.778. The highest BCUT2D eigenvalue weighted by molar-refractivity contribution is 4.78. The monoisotopic (exact) mass is 239 g/mol. The van der Waals surface area contributed by atoms with Crippen LogP contribution in [0.25, 0.3) is 0 Å². The van der Waals surface area contributed by atoms with Crippen LogP contribution in [0.3, 0.4) is 0 Å². The quantitative estimate of drug-likeness (QED) is 0.648. The van der Waals surface area contributed by atoms with E-state index >= 15 is 0 Å². The fourth-order valence-electron chi connectivity index (χ4n) is 3.10. The van der Waals surface area contributed by atoms with E-state index in [1.165, 1.54) is 58.0 Å². The summed E-state index contributed by atoms with van der Waals surface area (Å²) in [6.45, 7) is 12.4. The standard InChI is InChI=1S/C16H33N/c1-5-6-11-14(2)15(3)16(4)17-12-9-7-8-10-13-17/h14-16H,5-13H2,1-4H3. The zero-order valence-electron chi connectivity index (χ0n) is 12.5. The van der Waals surface area contributed by atoms with E-state index in [0.717, 1.165) is 17.9 Å². The largest absolute Gasteiger partial charge is 0.300 e. The van der Waals surface area contributed by atoms with Crippen LogP contribution in [0.5, 0.6) is 0 Å². The lowest BCUT2D eigenvalue weighted by molar-refractivity contribution is 0.133. The molecule has 3 atom stereocenters. The average Bonchev–Trinajstić information content (AvgIpc) is 2.62. The number of likely N-dealkylation sites (tertiary alicyclic amines) is 1. The Kier molecular flexibility index (Phi) is 7.18. The summed E-state index contributed by atoms with van der Waals surface area (Å²) in [5.41, 5.74) is 0. The van der Waals surface area contributed by atoms with E-state index < -0.39 is 0 Å². The second kappa shape index (κ2) is 8.13. The minimum Gasteiger partial charge on any atom is -0.300 e. The first-order valence-corrected chi connectivity index (χ1v) is 7.90. The first-order valence-electron chi connectivity index (χ1n) is 7.90. The van der Waals surface area contributed by atoms with Crippen LogP contribution in [0, 0.1) is 11.8 Å². The SMILES string of the molecule is CCCCC(C)C(C)C(C)N1CCCCCC1. The van der Waals surface area contributed by atoms with Gasteiger partial charge in [-0.3, -0.25) is 0 Å². The molecule has 0 aromatic rings. The molecule has 1 aliphatic rings. The highest BCUT2D eigenvalue weighted by Gasteiger charge is 2.24. The smallest absolute Gasteiger partial charge is 0.00950 e. The van der Waals surface area contributed by atoms with E-state index in [2.05, 4.69) is 32.6 Å². The molecule has 0 amide bonds. The third-order valence-electron chi connectivity index (χ3n) is 4.89. The van der Waals surface area contributed by atoms with Crippen LogP contribution in [0.4, 0.5) is 0 Å². The van der Waals surface area contributed by atoms with Crippen molar-refractivity contribution in [1.82, 2.24) is 4.90 Å². The minimum atomic E-state index is 0.778. The Morgan fingerprint density at radius 2 is 1.53 bits per heavy atom. The van der Waals surface area contributed by atoms with Crippen molar-refractivity contribution in [2.75, 3.05) is 13.1 Å². The molecule has 0 radical (unpaired) electrons. The Morgan fingerprint density at radius 1 is 0.941 bits per heavy atom. The third kappa shape index (κ3) is 4.99. The number of unbranched alkanes of at least 4 members (excludes halogenated alkanes) is 1. The minimum absolute atomic E-state index is 0.778. The molecule has 0 saturated carbocycles. The third-order valence-corrected chi connectivity index (χ3v) is 4.89. The summed E-state index contributed by atoms with van der Waals surface area (Å²) >= 11 is 0. The maximum atomic E-state index is 2.75. The summed E-state index contributed by atoms with van der Waals surface area (Å²) in [4.78, 5) is 2.75. The van der Waals surface area contributed by atoms with Crippen molar-refractivity contribution in [3.8, 4) is 0 Å². The first-order chi connectivity index (χ1) is 8.16. The Bertz CT molecular complexity index is 182. The van der Waals surface area contributed by atoms with Gasteiger partial charge < -0.3 is 4.90 Å². The molecule has 0 bridgehead atoms. The van der Waals surface area contributed by atoms with Gasteiger partial charge in [-0.05, 0) is 44.7 Å². The number of hydrogen-bond acceptors (Lipinski definition) is 1. The predicted molar refractivity (Wildman–Crippen MR) is 77.4 cm³/mol. The van der Waals surface area contributed by atoms with Crippen molar-refractivity contribution in [3.05, 3.63) is 0 Å². The van der Waals surface area contributed by atoms with E-state index in [1.807, 2.05) is 0 Å². The molecule has 102 valence electrons. The van der Waals surface area contributed by atoms with Crippen LogP contribution in [0.1, 0.15) is 72.6 Å². The molecule has 3 unspecified atom stereocenters. The predicted octanol–water partition coefficient (Wildman–Crippen LogP) is 4.71. The summed E-state index contributed by atoms with van der Waals surface area (Å²) in [5, 5.41) is 0. The van der Waals surface area contributed by atoms with Crippen molar-refractivity contribution in [1.29, 1.82) is 0 Å². The maximum Gasteiger partial charge on any atom is 0.00950 e. The zero-order valence-corrected chi connectivity index (χ0v) is 12.5. The van der Waals surface area contributed by atoms with Gasteiger partial charge in [-0.2, -0.15) is 0 Å². The fourth-order valence-corrected chi connectivity index (χ4v) is 3.10. The van der Waals surface area contributed by atoms with Gasteiger partial charge in [0.25, 0.3) is 0 Å².